The highest BCUT2D eigenvalue weighted by Crippen LogP contribution is 2.25. The lowest BCUT2D eigenvalue weighted by atomic mass is 10.0. The number of nitrogens with two attached hydrogens (primary N) is 1. The molecule has 0 fully saturated rings. The van der Waals surface area contributed by atoms with E-state index >= 15 is 0 Å². The fraction of sp³-hybridized carbons (Fsp3) is 0.357. The number of carbonyl (C=O) groups is 1. The van der Waals surface area contributed by atoms with Gasteiger partial charge in [0.1, 0.15) is 5.82 Å². The average Bonchev–Trinajstić information content (AvgIpc) is 2.85. The first-order valence-corrected chi connectivity index (χ1v) is 12.3. The maximum atomic E-state index is 12.7. The molecule has 0 saturated heterocycles. The van der Waals surface area contributed by atoms with Crippen molar-refractivity contribution < 1.29 is 4.79 Å². The maximum Gasteiger partial charge on any atom is 0.251 e. The second kappa shape index (κ2) is 13.6. The number of rotatable bonds is 7. The number of hydrogen-bond acceptors (Lipinski definition) is 4. The average molecular weight is 479 g/mol. The van der Waals surface area contributed by atoms with Gasteiger partial charge >= 0.3 is 0 Å². The molecular weight excluding hydrogens is 444 g/mol. The number of nitrogens with zero attached hydrogens (tertiary/aromatic N) is 2. The molecule has 0 aliphatic carbocycles. The lowest BCUT2D eigenvalue weighted by Crippen LogP contribution is -2.35. The first-order valence-electron chi connectivity index (χ1n) is 11.9. The highest BCUT2D eigenvalue weighted by atomic mass is 35.5. The van der Waals surface area contributed by atoms with Crippen LogP contribution in [0.2, 0.25) is 5.02 Å². The van der Waals surface area contributed by atoms with Crippen molar-refractivity contribution in [3.8, 4) is 11.8 Å². The van der Waals surface area contributed by atoms with E-state index in [1.165, 1.54) is 0 Å². The molecule has 3 rings (SSSR count). The van der Waals surface area contributed by atoms with Gasteiger partial charge in [0.05, 0.1) is 5.56 Å². The normalized spacial score (nSPS) is 10.3. The van der Waals surface area contributed by atoms with Crippen LogP contribution in [0, 0.1) is 18.8 Å². The van der Waals surface area contributed by atoms with E-state index in [2.05, 4.69) is 40.9 Å². The molecule has 1 aromatic heterocycles. The Bertz CT molecular complexity index is 1170. The van der Waals surface area contributed by atoms with Gasteiger partial charge in [0.25, 0.3) is 5.91 Å². The van der Waals surface area contributed by atoms with Crippen LogP contribution >= 0.6 is 11.6 Å². The van der Waals surface area contributed by atoms with Crippen LogP contribution in [-0.4, -0.2) is 42.0 Å². The molecule has 0 bridgehead atoms. The number of hydrogen-bond donors (Lipinski definition) is 2. The number of anilines is 1. The van der Waals surface area contributed by atoms with Crippen molar-refractivity contribution in [3.05, 3.63) is 69.9 Å². The maximum absolute atomic E-state index is 12.7. The zero-order chi connectivity index (χ0) is 25.1. The lowest BCUT2D eigenvalue weighted by molar-refractivity contribution is 0.0948. The van der Waals surface area contributed by atoms with Crippen LogP contribution in [0.3, 0.4) is 0 Å². The van der Waals surface area contributed by atoms with E-state index in [1.54, 1.807) is 6.20 Å². The number of pyridine rings is 1. The number of carbonyl (C=O) groups excluding carboxylic acids is 1. The highest BCUT2D eigenvalue weighted by Gasteiger charge is 2.09. The molecule has 1 heterocycles. The number of benzene rings is 2. The fourth-order valence-electron chi connectivity index (χ4n) is 3.53. The van der Waals surface area contributed by atoms with Gasteiger partial charge in [-0.3, -0.25) is 4.79 Å². The van der Waals surface area contributed by atoms with E-state index in [0.29, 0.717) is 28.5 Å². The molecule has 0 spiro atoms. The van der Waals surface area contributed by atoms with E-state index in [9.17, 15) is 4.79 Å². The van der Waals surface area contributed by atoms with E-state index < -0.39 is 0 Å². The van der Waals surface area contributed by atoms with Gasteiger partial charge in [-0.25, -0.2) is 4.98 Å². The molecule has 0 radical (unpaired) electrons. The topological polar surface area (TPSA) is 71.2 Å². The van der Waals surface area contributed by atoms with Gasteiger partial charge in [-0.2, -0.15) is 0 Å². The van der Waals surface area contributed by atoms with Crippen molar-refractivity contribution in [1.82, 2.24) is 15.2 Å². The van der Waals surface area contributed by atoms with Crippen LogP contribution in [0.1, 0.15) is 61.2 Å². The van der Waals surface area contributed by atoms with E-state index in [4.69, 9.17) is 17.3 Å². The smallest absolute Gasteiger partial charge is 0.251 e. The third-order valence-electron chi connectivity index (χ3n) is 5.41. The lowest BCUT2D eigenvalue weighted by Gasteiger charge is -2.19. The van der Waals surface area contributed by atoms with Gasteiger partial charge in [0.2, 0.25) is 0 Å². The summed E-state index contributed by atoms with van der Waals surface area (Å²) < 4.78 is 0. The van der Waals surface area contributed by atoms with E-state index in [1.807, 2.05) is 57.2 Å². The molecule has 2 aromatic carbocycles. The van der Waals surface area contributed by atoms with Crippen LogP contribution in [0.4, 0.5) is 5.82 Å². The number of aromatic nitrogens is 1. The van der Waals surface area contributed by atoms with Gasteiger partial charge < -0.3 is 16.0 Å². The number of likely N-dealkylation sites (N-methyl/N-ethyl adjacent to an activating group) is 1. The first-order chi connectivity index (χ1) is 16.4. The largest absolute Gasteiger partial charge is 0.383 e. The zero-order valence-electron chi connectivity index (χ0n) is 20.8. The summed E-state index contributed by atoms with van der Waals surface area (Å²) in [5.74, 6) is 6.58. The van der Waals surface area contributed by atoms with Crippen molar-refractivity contribution in [3.63, 3.8) is 0 Å². The standard InChI is InChI=1S/C26H29ClN4O.C2H6/c1-4-13-31(5-2)14-12-29-26(32)20-7-6-18(3)19(15-20)9-11-23-24-16-22(27)10-8-21(24)17-30-25(23)28;1-2/h6-8,10,15-17H,4-5,12-14H2,1-3H3,(H2,28,30)(H,29,32);1-2H3. The van der Waals surface area contributed by atoms with Crippen molar-refractivity contribution in [2.24, 2.45) is 0 Å². The molecule has 180 valence electrons. The van der Waals surface area contributed by atoms with Crippen LogP contribution in [0.15, 0.2) is 42.6 Å². The van der Waals surface area contributed by atoms with Crippen molar-refractivity contribution in [2.75, 3.05) is 31.9 Å². The van der Waals surface area contributed by atoms with E-state index in [0.717, 1.165) is 48.0 Å². The zero-order valence-corrected chi connectivity index (χ0v) is 21.6. The summed E-state index contributed by atoms with van der Waals surface area (Å²) in [6.45, 7) is 13.7. The fourth-order valence-corrected chi connectivity index (χ4v) is 3.70. The van der Waals surface area contributed by atoms with Gasteiger partial charge in [-0.15, -0.1) is 0 Å². The number of halogens is 1. The molecule has 1 amide bonds. The summed E-state index contributed by atoms with van der Waals surface area (Å²) in [4.78, 5) is 19.2. The summed E-state index contributed by atoms with van der Waals surface area (Å²) in [7, 11) is 0. The minimum absolute atomic E-state index is 0.0984. The number of fused-ring (bicyclic) bond motifs is 1. The summed E-state index contributed by atoms with van der Waals surface area (Å²) in [6, 6.07) is 11.1. The Morgan fingerprint density at radius 2 is 1.88 bits per heavy atom. The van der Waals surface area contributed by atoms with Crippen molar-refractivity contribution in [1.29, 1.82) is 0 Å². The molecule has 0 atom stereocenters. The Kier molecular flexibility index (Phi) is 10.9. The predicted octanol–water partition coefficient (Wildman–Crippen LogP) is 5.67. The van der Waals surface area contributed by atoms with E-state index in [-0.39, 0.29) is 5.91 Å². The van der Waals surface area contributed by atoms with Gasteiger partial charge in [-0.1, -0.05) is 63.3 Å². The van der Waals surface area contributed by atoms with Crippen LogP contribution in [0.5, 0.6) is 0 Å². The van der Waals surface area contributed by atoms with Crippen LogP contribution in [-0.2, 0) is 0 Å². The molecule has 34 heavy (non-hydrogen) atoms. The van der Waals surface area contributed by atoms with Gasteiger partial charge in [-0.05, 0) is 56.3 Å². The number of nitrogen functional groups attached to an aromatic ring is 1. The summed E-state index contributed by atoms with van der Waals surface area (Å²) in [5, 5.41) is 5.40. The first kappa shape index (κ1) is 27.2. The SMILES string of the molecule is CC.CCCN(CC)CCNC(=O)c1ccc(C)c(C#Cc2c(N)ncc3ccc(Cl)cc23)c1. The van der Waals surface area contributed by atoms with Crippen LogP contribution in [0.25, 0.3) is 10.8 Å². The molecule has 0 aliphatic heterocycles. The number of aryl methyl sites for hydroxylation is 1. The quantitative estimate of drug-likeness (QED) is 0.429. The molecule has 3 N–H and O–H groups in total. The molecular formula is C28H35ClN4O. The molecule has 3 aromatic rings. The monoisotopic (exact) mass is 478 g/mol. The number of nitrogens with one attached hydrogen (secondary N) is 1. The molecule has 5 nitrogen and oxygen atoms in total. The summed E-state index contributed by atoms with van der Waals surface area (Å²) in [6.07, 6.45) is 2.81. The Morgan fingerprint density at radius 1 is 1.12 bits per heavy atom. The Labute approximate surface area is 208 Å². The minimum atomic E-state index is -0.0984. The molecule has 6 heteroatoms. The summed E-state index contributed by atoms with van der Waals surface area (Å²) >= 11 is 6.17. The third kappa shape index (κ3) is 7.21. The molecule has 0 saturated carbocycles. The molecule has 0 unspecified atom stereocenters. The Morgan fingerprint density at radius 3 is 2.59 bits per heavy atom. The second-order valence-corrected chi connectivity index (χ2v) is 8.16. The Hall–Kier alpha value is -3.07. The number of amides is 1. The van der Waals surface area contributed by atoms with Crippen LogP contribution < -0.4 is 11.1 Å². The minimum Gasteiger partial charge on any atom is -0.383 e. The highest BCUT2D eigenvalue weighted by molar-refractivity contribution is 6.31. The predicted molar refractivity (Wildman–Crippen MR) is 144 cm³/mol. The summed E-state index contributed by atoms with van der Waals surface area (Å²) in [5.41, 5.74) is 9.09. The van der Waals surface area contributed by atoms with Gasteiger partial charge in [0.15, 0.2) is 0 Å². The Balaban J connectivity index is 0.00000199. The van der Waals surface area contributed by atoms with Gasteiger partial charge in [0, 0.05) is 46.2 Å². The molecule has 0 aliphatic rings. The third-order valence-corrected chi connectivity index (χ3v) is 5.64. The van der Waals surface area contributed by atoms with Crippen molar-refractivity contribution in [2.45, 2.75) is 41.0 Å². The van der Waals surface area contributed by atoms with Crippen molar-refractivity contribution >= 4 is 34.1 Å². The second-order valence-electron chi connectivity index (χ2n) is 7.72.